The number of nitrogens with one attached hydrogen (secondary N) is 1. The predicted molar refractivity (Wildman–Crippen MR) is 137 cm³/mol. The zero-order valence-electron chi connectivity index (χ0n) is 20.6. The SMILES string of the molecule is CCCN1CCn2c(nc(-c3ccc(F)cc3)c2-c2ccc3nc(NC(=O)c4ccnc(F)c4)cn3n2)C1. The fourth-order valence-corrected chi connectivity index (χ4v) is 4.76. The van der Waals surface area contributed by atoms with E-state index in [0.717, 1.165) is 61.4 Å². The molecule has 0 spiro atoms. The van der Waals surface area contributed by atoms with E-state index in [4.69, 9.17) is 10.1 Å². The Balaban J connectivity index is 1.38. The van der Waals surface area contributed by atoms with Gasteiger partial charge in [0.05, 0.1) is 24.1 Å². The minimum absolute atomic E-state index is 0.134. The molecule has 1 aliphatic rings. The standard InChI is InChI=1S/C27H24F2N8O/c1-2-11-35-12-13-36-24(16-35)33-25(17-3-5-19(28)6-4-17)26(36)20-7-8-23-31-22(15-37(23)34-20)32-27(38)18-9-10-30-21(29)14-18/h3-10,14-15H,2,11-13,16H2,1H3,(H,32,38). The number of hydrogen-bond donors (Lipinski definition) is 1. The quantitative estimate of drug-likeness (QED) is 0.338. The van der Waals surface area contributed by atoms with E-state index in [1.54, 1.807) is 22.8 Å². The van der Waals surface area contributed by atoms with Crippen LogP contribution in [0.3, 0.4) is 0 Å². The molecule has 9 nitrogen and oxygen atoms in total. The van der Waals surface area contributed by atoms with Crippen LogP contribution in [-0.4, -0.2) is 53.0 Å². The third-order valence-electron chi connectivity index (χ3n) is 6.50. The van der Waals surface area contributed by atoms with Crippen LogP contribution in [-0.2, 0) is 13.1 Å². The predicted octanol–water partition coefficient (Wildman–Crippen LogP) is 4.41. The highest BCUT2D eigenvalue weighted by Crippen LogP contribution is 2.34. The van der Waals surface area contributed by atoms with Gasteiger partial charge in [-0.25, -0.2) is 23.9 Å². The number of aromatic nitrogens is 6. The van der Waals surface area contributed by atoms with Crippen LogP contribution in [0.2, 0.25) is 0 Å². The summed E-state index contributed by atoms with van der Waals surface area (Å²) >= 11 is 0. The Kier molecular flexibility index (Phi) is 6.12. The van der Waals surface area contributed by atoms with Gasteiger partial charge >= 0.3 is 0 Å². The number of amides is 1. The van der Waals surface area contributed by atoms with Crippen molar-refractivity contribution >= 4 is 17.4 Å². The van der Waals surface area contributed by atoms with Crippen molar-refractivity contribution in [2.45, 2.75) is 26.4 Å². The number of imidazole rings is 2. The summed E-state index contributed by atoms with van der Waals surface area (Å²) in [5, 5.41) is 7.46. The maximum Gasteiger partial charge on any atom is 0.257 e. The molecule has 11 heteroatoms. The van der Waals surface area contributed by atoms with Crippen molar-refractivity contribution < 1.29 is 13.6 Å². The third kappa shape index (κ3) is 4.52. The van der Waals surface area contributed by atoms with Gasteiger partial charge in [0, 0.05) is 36.5 Å². The molecule has 192 valence electrons. The van der Waals surface area contributed by atoms with Crippen molar-refractivity contribution in [3.8, 4) is 22.6 Å². The molecule has 0 bridgehead atoms. The third-order valence-corrected chi connectivity index (χ3v) is 6.50. The summed E-state index contributed by atoms with van der Waals surface area (Å²) in [7, 11) is 0. The molecule has 0 saturated heterocycles. The molecular formula is C27H24F2N8O. The van der Waals surface area contributed by atoms with Crippen LogP contribution < -0.4 is 5.32 Å². The first-order chi connectivity index (χ1) is 18.5. The molecule has 5 aromatic rings. The topological polar surface area (TPSA) is 93.2 Å². The highest BCUT2D eigenvalue weighted by molar-refractivity contribution is 6.03. The van der Waals surface area contributed by atoms with Gasteiger partial charge in [-0.2, -0.15) is 9.49 Å². The van der Waals surface area contributed by atoms with Crippen molar-refractivity contribution in [1.29, 1.82) is 0 Å². The minimum Gasteiger partial charge on any atom is -0.324 e. The molecule has 0 saturated carbocycles. The van der Waals surface area contributed by atoms with Crippen molar-refractivity contribution in [2.75, 3.05) is 18.4 Å². The monoisotopic (exact) mass is 514 g/mol. The summed E-state index contributed by atoms with van der Waals surface area (Å²) in [6.07, 6.45) is 3.89. The van der Waals surface area contributed by atoms with Gasteiger partial charge < -0.3 is 9.88 Å². The number of halogens is 2. The molecule has 0 unspecified atom stereocenters. The van der Waals surface area contributed by atoms with Crippen LogP contribution in [0.1, 0.15) is 29.5 Å². The first kappa shape index (κ1) is 23.9. The Bertz CT molecular complexity index is 1640. The summed E-state index contributed by atoms with van der Waals surface area (Å²) in [6, 6.07) is 12.5. The number of rotatable bonds is 6. The van der Waals surface area contributed by atoms with Gasteiger partial charge in [-0.05, 0) is 55.4 Å². The average Bonchev–Trinajstić information content (AvgIpc) is 3.49. The summed E-state index contributed by atoms with van der Waals surface area (Å²) < 4.78 is 30.9. The van der Waals surface area contributed by atoms with Gasteiger partial charge in [0.2, 0.25) is 5.95 Å². The van der Waals surface area contributed by atoms with E-state index in [9.17, 15) is 13.6 Å². The normalized spacial score (nSPS) is 13.6. The number of pyridine rings is 1. The van der Waals surface area contributed by atoms with E-state index in [-0.39, 0.29) is 17.2 Å². The number of anilines is 1. The molecule has 0 fully saturated rings. The smallest absolute Gasteiger partial charge is 0.257 e. The number of benzene rings is 1. The molecule has 6 rings (SSSR count). The zero-order chi connectivity index (χ0) is 26.2. The molecule has 4 aromatic heterocycles. The molecule has 0 radical (unpaired) electrons. The van der Waals surface area contributed by atoms with Gasteiger partial charge in [0.1, 0.15) is 17.3 Å². The number of carbonyl (C=O) groups is 1. The maximum atomic E-state index is 13.7. The van der Waals surface area contributed by atoms with Gasteiger partial charge in [-0.15, -0.1) is 0 Å². The van der Waals surface area contributed by atoms with Crippen LogP contribution in [0.25, 0.3) is 28.3 Å². The molecule has 38 heavy (non-hydrogen) atoms. The molecule has 5 heterocycles. The Morgan fingerprint density at radius 2 is 1.89 bits per heavy atom. The Morgan fingerprint density at radius 1 is 1.05 bits per heavy atom. The first-order valence-corrected chi connectivity index (χ1v) is 12.4. The Morgan fingerprint density at radius 3 is 2.68 bits per heavy atom. The second-order valence-corrected chi connectivity index (χ2v) is 9.13. The Hall–Kier alpha value is -4.51. The van der Waals surface area contributed by atoms with E-state index >= 15 is 0 Å². The van der Waals surface area contributed by atoms with Gasteiger partial charge in [-0.3, -0.25) is 9.69 Å². The lowest BCUT2D eigenvalue weighted by Gasteiger charge is -2.27. The minimum atomic E-state index is -0.738. The summed E-state index contributed by atoms with van der Waals surface area (Å²) in [5.41, 5.74) is 3.71. The average molecular weight is 515 g/mol. The van der Waals surface area contributed by atoms with Gasteiger partial charge in [0.25, 0.3) is 5.91 Å². The van der Waals surface area contributed by atoms with Crippen LogP contribution in [0.5, 0.6) is 0 Å². The van der Waals surface area contributed by atoms with E-state index in [1.807, 2.05) is 12.1 Å². The molecule has 1 aliphatic heterocycles. The van der Waals surface area contributed by atoms with Crippen LogP contribution in [0.4, 0.5) is 14.6 Å². The fraction of sp³-hybridized carbons (Fsp3) is 0.222. The molecular weight excluding hydrogens is 490 g/mol. The highest BCUT2D eigenvalue weighted by Gasteiger charge is 2.26. The summed E-state index contributed by atoms with van der Waals surface area (Å²) in [5.74, 6) is -0.339. The van der Waals surface area contributed by atoms with Crippen molar-refractivity contribution in [3.63, 3.8) is 0 Å². The van der Waals surface area contributed by atoms with E-state index in [0.29, 0.717) is 11.3 Å². The Labute approximate surface area is 216 Å². The molecule has 1 amide bonds. The fourth-order valence-electron chi connectivity index (χ4n) is 4.76. The first-order valence-electron chi connectivity index (χ1n) is 12.4. The molecule has 0 atom stereocenters. The lowest BCUT2D eigenvalue weighted by atomic mass is 10.1. The number of carbonyl (C=O) groups excluding carboxylic acids is 1. The van der Waals surface area contributed by atoms with Crippen LogP contribution in [0.15, 0.2) is 60.9 Å². The van der Waals surface area contributed by atoms with Crippen molar-refractivity contribution in [1.82, 2.24) is 34.0 Å². The molecule has 1 N–H and O–H groups in total. The second-order valence-electron chi connectivity index (χ2n) is 9.13. The maximum absolute atomic E-state index is 13.7. The summed E-state index contributed by atoms with van der Waals surface area (Å²) in [6.45, 7) is 5.53. The van der Waals surface area contributed by atoms with E-state index in [2.05, 4.69) is 31.7 Å². The van der Waals surface area contributed by atoms with E-state index in [1.165, 1.54) is 24.4 Å². The van der Waals surface area contributed by atoms with Crippen molar-refractivity contribution in [2.24, 2.45) is 0 Å². The van der Waals surface area contributed by atoms with E-state index < -0.39 is 11.9 Å². The van der Waals surface area contributed by atoms with Crippen LogP contribution >= 0.6 is 0 Å². The number of fused-ring (bicyclic) bond motifs is 2. The lowest BCUT2D eigenvalue weighted by molar-refractivity contribution is 0.102. The lowest BCUT2D eigenvalue weighted by Crippen LogP contribution is -2.34. The zero-order valence-corrected chi connectivity index (χ0v) is 20.6. The largest absolute Gasteiger partial charge is 0.324 e. The van der Waals surface area contributed by atoms with Crippen molar-refractivity contribution in [3.05, 3.63) is 84.1 Å². The highest BCUT2D eigenvalue weighted by atomic mass is 19.1. The van der Waals surface area contributed by atoms with Crippen LogP contribution in [0, 0.1) is 11.8 Å². The second kappa shape index (κ2) is 9.75. The number of nitrogens with zero attached hydrogens (tertiary/aromatic N) is 7. The van der Waals surface area contributed by atoms with Gasteiger partial charge in [-0.1, -0.05) is 6.92 Å². The molecule has 1 aromatic carbocycles. The number of hydrogen-bond acceptors (Lipinski definition) is 6. The van der Waals surface area contributed by atoms with Gasteiger partial charge in [0.15, 0.2) is 11.5 Å². The summed E-state index contributed by atoms with van der Waals surface area (Å²) in [4.78, 5) is 27.8. The molecule has 0 aliphatic carbocycles.